The third-order valence-electron chi connectivity index (χ3n) is 5.63. The SMILES string of the molecule is Cc1nn(CCNC(=O)[C@@H]2CC3(CCNCC3)CN2C)c(C)c1Cl. The van der Waals surface area contributed by atoms with Crippen LogP contribution in [0.15, 0.2) is 0 Å². The number of aryl methyl sites for hydroxylation is 1. The first-order chi connectivity index (χ1) is 11.4. The average molecular weight is 354 g/mol. The summed E-state index contributed by atoms with van der Waals surface area (Å²) in [5.41, 5.74) is 2.12. The summed E-state index contributed by atoms with van der Waals surface area (Å²) in [6.07, 6.45) is 3.32. The lowest BCUT2D eigenvalue weighted by atomic mass is 9.77. The minimum absolute atomic E-state index is 0.00728. The van der Waals surface area contributed by atoms with E-state index in [9.17, 15) is 4.79 Å². The van der Waals surface area contributed by atoms with E-state index in [4.69, 9.17) is 11.6 Å². The van der Waals surface area contributed by atoms with Crippen LogP contribution in [0.5, 0.6) is 0 Å². The Hall–Kier alpha value is -1.11. The van der Waals surface area contributed by atoms with Gasteiger partial charge in [0.15, 0.2) is 0 Å². The molecule has 2 aliphatic heterocycles. The molecule has 0 radical (unpaired) electrons. The Kier molecular flexibility index (Phi) is 5.18. The third-order valence-corrected chi connectivity index (χ3v) is 6.17. The minimum atomic E-state index is -0.00728. The van der Waals surface area contributed by atoms with Crippen molar-refractivity contribution in [3.05, 3.63) is 16.4 Å². The Balaban J connectivity index is 1.52. The summed E-state index contributed by atoms with van der Waals surface area (Å²) < 4.78 is 1.87. The van der Waals surface area contributed by atoms with Crippen molar-refractivity contribution in [2.24, 2.45) is 5.41 Å². The number of amides is 1. The summed E-state index contributed by atoms with van der Waals surface area (Å²) in [5.74, 6) is 0.139. The van der Waals surface area contributed by atoms with Crippen molar-refractivity contribution in [3.63, 3.8) is 0 Å². The largest absolute Gasteiger partial charge is 0.353 e. The summed E-state index contributed by atoms with van der Waals surface area (Å²) in [6.45, 7) is 8.25. The fourth-order valence-electron chi connectivity index (χ4n) is 4.18. The fraction of sp³-hybridized carbons (Fsp3) is 0.765. The Labute approximate surface area is 148 Å². The van der Waals surface area contributed by atoms with Crippen LogP contribution in [0.3, 0.4) is 0 Å². The lowest BCUT2D eigenvalue weighted by molar-refractivity contribution is -0.125. The van der Waals surface area contributed by atoms with Gasteiger partial charge in [-0.1, -0.05) is 11.6 Å². The number of rotatable bonds is 4. The zero-order valence-electron chi connectivity index (χ0n) is 14.9. The van der Waals surface area contributed by atoms with Gasteiger partial charge in [0.05, 0.1) is 29.0 Å². The molecule has 2 saturated heterocycles. The predicted octanol–water partition coefficient (Wildman–Crippen LogP) is 1.34. The van der Waals surface area contributed by atoms with Gasteiger partial charge in [0.1, 0.15) is 0 Å². The Morgan fingerprint density at radius 2 is 2.12 bits per heavy atom. The van der Waals surface area contributed by atoms with Gasteiger partial charge in [-0.2, -0.15) is 5.10 Å². The Morgan fingerprint density at radius 1 is 1.42 bits per heavy atom. The maximum atomic E-state index is 12.6. The molecule has 1 aromatic rings. The first-order valence-electron chi connectivity index (χ1n) is 8.80. The first kappa shape index (κ1) is 17.7. The molecule has 0 saturated carbocycles. The molecule has 134 valence electrons. The number of piperidine rings is 1. The number of aromatic nitrogens is 2. The number of hydrogen-bond acceptors (Lipinski definition) is 4. The average Bonchev–Trinajstić information content (AvgIpc) is 3.00. The van der Waals surface area contributed by atoms with Crippen LogP contribution in [-0.2, 0) is 11.3 Å². The summed E-state index contributed by atoms with van der Waals surface area (Å²) in [6, 6.07) is -0.00728. The van der Waals surface area contributed by atoms with Crippen molar-refractivity contribution in [1.29, 1.82) is 0 Å². The van der Waals surface area contributed by atoms with Crippen LogP contribution in [0, 0.1) is 19.3 Å². The zero-order valence-corrected chi connectivity index (χ0v) is 15.6. The molecular formula is C17H28ClN5O. The highest BCUT2D eigenvalue weighted by Crippen LogP contribution is 2.41. The summed E-state index contributed by atoms with van der Waals surface area (Å²) in [4.78, 5) is 14.8. The van der Waals surface area contributed by atoms with Gasteiger partial charge < -0.3 is 10.6 Å². The molecule has 3 rings (SSSR count). The number of hydrogen-bond donors (Lipinski definition) is 2. The van der Waals surface area contributed by atoms with Crippen molar-refractivity contribution in [2.45, 2.75) is 45.7 Å². The molecule has 2 aliphatic rings. The molecule has 1 spiro atoms. The zero-order chi connectivity index (χ0) is 17.3. The molecule has 2 fully saturated rings. The summed E-state index contributed by atoms with van der Waals surface area (Å²) in [7, 11) is 2.07. The van der Waals surface area contributed by atoms with Gasteiger partial charge in [0.25, 0.3) is 0 Å². The van der Waals surface area contributed by atoms with Gasteiger partial charge in [-0.25, -0.2) is 0 Å². The van der Waals surface area contributed by atoms with Gasteiger partial charge in [-0.05, 0) is 58.7 Å². The van der Waals surface area contributed by atoms with Crippen molar-refractivity contribution in [1.82, 2.24) is 25.3 Å². The second-order valence-corrected chi connectivity index (χ2v) is 7.76. The van der Waals surface area contributed by atoms with Crippen LogP contribution >= 0.6 is 11.6 Å². The smallest absolute Gasteiger partial charge is 0.237 e. The third kappa shape index (κ3) is 3.46. The van der Waals surface area contributed by atoms with E-state index in [1.54, 1.807) is 0 Å². The van der Waals surface area contributed by atoms with Gasteiger partial charge in [0, 0.05) is 13.1 Å². The molecule has 0 unspecified atom stereocenters. The van der Waals surface area contributed by atoms with Crippen molar-refractivity contribution in [3.8, 4) is 0 Å². The number of nitrogens with one attached hydrogen (secondary N) is 2. The van der Waals surface area contributed by atoms with Crippen LogP contribution in [0.2, 0.25) is 5.02 Å². The van der Waals surface area contributed by atoms with Gasteiger partial charge in [0.2, 0.25) is 5.91 Å². The first-order valence-corrected chi connectivity index (χ1v) is 9.18. The van der Waals surface area contributed by atoms with E-state index in [2.05, 4.69) is 27.7 Å². The standard InChI is InChI=1S/C17H28ClN5O/c1-12-15(18)13(2)23(21-12)9-8-20-16(24)14-10-17(11-22(14)3)4-6-19-7-5-17/h14,19H,4-11H2,1-3H3,(H,20,24)/t14-/m0/s1. The molecular weight excluding hydrogens is 326 g/mol. The second kappa shape index (κ2) is 7.02. The lowest BCUT2D eigenvalue weighted by Gasteiger charge is -2.33. The molecule has 1 atom stereocenters. The number of likely N-dealkylation sites (tertiary alicyclic amines) is 1. The second-order valence-electron chi connectivity index (χ2n) is 7.38. The predicted molar refractivity (Wildman–Crippen MR) is 95.3 cm³/mol. The maximum Gasteiger partial charge on any atom is 0.237 e. The molecule has 24 heavy (non-hydrogen) atoms. The number of carbonyl (C=O) groups is 1. The number of likely N-dealkylation sites (N-methyl/N-ethyl adjacent to an activating group) is 1. The van der Waals surface area contributed by atoms with Gasteiger partial charge >= 0.3 is 0 Å². The van der Waals surface area contributed by atoms with Crippen LogP contribution in [-0.4, -0.2) is 59.9 Å². The topological polar surface area (TPSA) is 62.2 Å². The molecule has 1 aromatic heterocycles. The molecule has 0 aliphatic carbocycles. The summed E-state index contributed by atoms with van der Waals surface area (Å²) >= 11 is 6.16. The highest BCUT2D eigenvalue weighted by molar-refractivity contribution is 6.31. The Bertz CT molecular complexity index is 608. The van der Waals surface area contributed by atoms with E-state index in [-0.39, 0.29) is 11.9 Å². The van der Waals surface area contributed by atoms with Crippen molar-refractivity contribution in [2.75, 3.05) is 33.2 Å². The highest BCUT2D eigenvalue weighted by atomic mass is 35.5. The summed E-state index contributed by atoms with van der Waals surface area (Å²) in [5, 5.41) is 11.6. The molecule has 2 N–H and O–H groups in total. The molecule has 6 nitrogen and oxygen atoms in total. The normalized spacial score (nSPS) is 23.8. The van der Waals surface area contributed by atoms with Crippen LogP contribution < -0.4 is 10.6 Å². The monoisotopic (exact) mass is 353 g/mol. The Morgan fingerprint density at radius 3 is 2.75 bits per heavy atom. The van der Waals surface area contributed by atoms with E-state index in [0.717, 1.165) is 37.4 Å². The number of nitrogens with zero attached hydrogens (tertiary/aromatic N) is 3. The molecule has 7 heteroatoms. The minimum Gasteiger partial charge on any atom is -0.353 e. The fourth-order valence-corrected chi connectivity index (χ4v) is 4.31. The van der Waals surface area contributed by atoms with E-state index in [0.29, 0.717) is 23.5 Å². The van der Waals surface area contributed by atoms with Crippen LogP contribution in [0.25, 0.3) is 0 Å². The quantitative estimate of drug-likeness (QED) is 0.857. The lowest BCUT2D eigenvalue weighted by Crippen LogP contribution is -2.42. The van der Waals surface area contributed by atoms with Crippen molar-refractivity contribution >= 4 is 17.5 Å². The molecule has 1 amide bonds. The van der Waals surface area contributed by atoms with E-state index < -0.39 is 0 Å². The maximum absolute atomic E-state index is 12.6. The van der Waals surface area contributed by atoms with E-state index in [1.807, 2.05) is 18.5 Å². The van der Waals surface area contributed by atoms with E-state index in [1.165, 1.54) is 12.8 Å². The van der Waals surface area contributed by atoms with Gasteiger partial charge in [-0.3, -0.25) is 14.4 Å². The number of carbonyl (C=O) groups excluding carboxylic acids is 1. The van der Waals surface area contributed by atoms with Crippen LogP contribution in [0.1, 0.15) is 30.7 Å². The van der Waals surface area contributed by atoms with Gasteiger partial charge in [-0.15, -0.1) is 0 Å². The van der Waals surface area contributed by atoms with Crippen LogP contribution in [0.4, 0.5) is 0 Å². The molecule has 3 heterocycles. The van der Waals surface area contributed by atoms with Crippen molar-refractivity contribution < 1.29 is 4.79 Å². The molecule has 0 bridgehead atoms. The molecule has 0 aromatic carbocycles. The number of halogens is 1. The van der Waals surface area contributed by atoms with E-state index >= 15 is 0 Å². The highest BCUT2D eigenvalue weighted by Gasteiger charge is 2.45.